The molecule has 2 atom stereocenters. The zero-order valence-corrected chi connectivity index (χ0v) is 13.6. The average Bonchev–Trinajstić information content (AvgIpc) is 3.03. The molecule has 5 heteroatoms. The fraction of sp³-hybridized carbons (Fsp3) is 0.412. The van der Waals surface area contributed by atoms with E-state index in [9.17, 15) is 4.39 Å². The van der Waals surface area contributed by atoms with Crippen molar-refractivity contribution in [3.8, 4) is 0 Å². The molecular formula is C17H22FN3S. The van der Waals surface area contributed by atoms with Crippen molar-refractivity contribution in [3.63, 3.8) is 0 Å². The fourth-order valence-electron chi connectivity index (χ4n) is 3.14. The second kappa shape index (κ2) is 6.77. The molecule has 0 spiro atoms. The van der Waals surface area contributed by atoms with E-state index in [0.717, 1.165) is 31.9 Å². The van der Waals surface area contributed by atoms with Gasteiger partial charge in [0.1, 0.15) is 5.82 Å². The monoisotopic (exact) mass is 319 g/mol. The number of benzene rings is 1. The number of halogens is 1. The summed E-state index contributed by atoms with van der Waals surface area (Å²) in [6, 6.07) is 11.4. The van der Waals surface area contributed by atoms with Crippen molar-refractivity contribution in [2.45, 2.75) is 19.0 Å². The van der Waals surface area contributed by atoms with E-state index in [0.29, 0.717) is 0 Å². The van der Waals surface area contributed by atoms with E-state index in [1.807, 2.05) is 12.1 Å². The molecule has 1 aromatic carbocycles. The molecule has 0 bridgehead atoms. The van der Waals surface area contributed by atoms with Gasteiger partial charge in [0, 0.05) is 42.8 Å². The lowest BCUT2D eigenvalue weighted by atomic mass is 10.1. The second-order valence-corrected chi connectivity index (χ2v) is 6.80. The molecule has 0 radical (unpaired) electrons. The molecule has 2 aromatic rings. The maximum atomic E-state index is 13.0. The van der Waals surface area contributed by atoms with Gasteiger partial charge in [0.15, 0.2) is 0 Å². The van der Waals surface area contributed by atoms with Crippen LogP contribution in [0.25, 0.3) is 0 Å². The third kappa shape index (κ3) is 3.32. The summed E-state index contributed by atoms with van der Waals surface area (Å²) in [6.45, 7) is 5.92. The first kappa shape index (κ1) is 15.5. The van der Waals surface area contributed by atoms with Crippen LogP contribution in [0.2, 0.25) is 0 Å². The standard InChI is InChI=1S/C17H22FN3S/c1-13(19)17(16-3-2-12-22-16)21-10-8-20(9-11-21)15-6-4-14(18)5-7-15/h2-7,12-13,17H,8-11,19H2,1H3/t13-,17+/m0/s1. The van der Waals surface area contributed by atoms with Gasteiger partial charge in [-0.05, 0) is 42.6 Å². The number of nitrogens with two attached hydrogens (primary N) is 1. The van der Waals surface area contributed by atoms with Crippen LogP contribution in [0, 0.1) is 5.82 Å². The summed E-state index contributed by atoms with van der Waals surface area (Å²) in [5.41, 5.74) is 7.32. The molecule has 0 unspecified atom stereocenters. The van der Waals surface area contributed by atoms with Crippen LogP contribution in [-0.2, 0) is 0 Å². The van der Waals surface area contributed by atoms with Crippen molar-refractivity contribution >= 4 is 17.0 Å². The number of piperazine rings is 1. The molecule has 1 aliphatic rings. The predicted molar refractivity (Wildman–Crippen MR) is 90.9 cm³/mol. The summed E-state index contributed by atoms with van der Waals surface area (Å²) in [5, 5.41) is 2.11. The van der Waals surface area contributed by atoms with Gasteiger partial charge in [0.05, 0.1) is 6.04 Å². The summed E-state index contributed by atoms with van der Waals surface area (Å²) >= 11 is 1.77. The molecule has 1 saturated heterocycles. The van der Waals surface area contributed by atoms with E-state index < -0.39 is 0 Å². The molecule has 3 rings (SSSR count). The van der Waals surface area contributed by atoms with Gasteiger partial charge < -0.3 is 10.6 Å². The molecule has 1 aromatic heterocycles. The van der Waals surface area contributed by atoms with Gasteiger partial charge in [0.25, 0.3) is 0 Å². The van der Waals surface area contributed by atoms with Crippen LogP contribution in [0.1, 0.15) is 17.8 Å². The smallest absolute Gasteiger partial charge is 0.123 e. The van der Waals surface area contributed by atoms with Crippen molar-refractivity contribution in [1.82, 2.24) is 4.90 Å². The first-order valence-corrected chi connectivity index (χ1v) is 8.56. The Morgan fingerprint density at radius 2 is 1.77 bits per heavy atom. The van der Waals surface area contributed by atoms with Crippen molar-refractivity contribution in [2.24, 2.45) is 5.73 Å². The molecule has 2 heterocycles. The minimum absolute atomic E-state index is 0.107. The first-order chi connectivity index (χ1) is 10.6. The fourth-order valence-corrected chi connectivity index (χ4v) is 4.12. The third-order valence-electron chi connectivity index (χ3n) is 4.23. The highest BCUT2D eigenvalue weighted by molar-refractivity contribution is 7.10. The molecular weight excluding hydrogens is 297 g/mol. The molecule has 0 saturated carbocycles. The molecule has 2 N–H and O–H groups in total. The Morgan fingerprint density at radius 3 is 2.32 bits per heavy atom. The number of rotatable bonds is 4. The summed E-state index contributed by atoms with van der Waals surface area (Å²) < 4.78 is 13.0. The molecule has 0 aliphatic carbocycles. The zero-order chi connectivity index (χ0) is 15.5. The van der Waals surface area contributed by atoms with Crippen LogP contribution in [0.3, 0.4) is 0 Å². The second-order valence-electron chi connectivity index (χ2n) is 5.82. The summed E-state index contributed by atoms with van der Waals surface area (Å²) in [5.74, 6) is -0.183. The lowest BCUT2D eigenvalue weighted by molar-refractivity contribution is 0.169. The van der Waals surface area contributed by atoms with Crippen molar-refractivity contribution in [2.75, 3.05) is 31.1 Å². The van der Waals surface area contributed by atoms with Crippen molar-refractivity contribution in [3.05, 3.63) is 52.5 Å². The highest BCUT2D eigenvalue weighted by Crippen LogP contribution is 2.29. The third-order valence-corrected chi connectivity index (χ3v) is 5.18. The normalized spacial score (nSPS) is 19.1. The molecule has 0 amide bonds. The van der Waals surface area contributed by atoms with E-state index in [1.54, 1.807) is 11.3 Å². The van der Waals surface area contributed by atoms with Crippen LogP contribution in [0.5, 0.6) is 0 Å². The maximum Gasteiger partial charge on any atom is 0.123 e. The van der Waals surface area contributed by atoms with Crippen LogP contribution in [-0.4, -0.2) is 37.1 Å². The van der Waals surface area contributed by atoms with Crippen molar-refractivity contribution < 1.29 is 4.39 Å². The predicted octanol–water partition coefficient (Wildman–Crippen LogP) is 3.10. The van der Waals surface area contributed by atoms with E-state index in [4.69, 9.17) is 5.73 Å². The Bertz CT molecular complexity index is 574. The first-order valence-electron chi connectivity index (χ1n) is 7.68. The maximum absolute atomic E-state index is 13.0. The van der Waals surface area contributed by atoms with Crippen LogP contribution in [0.15, 0.2) is 41.8 Å². The largest absolute Gasteiger partial charge is 0.369 e. The van der Waals surface area contributed by atoms with Gasteiger partial charge in [-0.1, -0.05) is 6.07 Å². The Kier molecular flexibility index (Phi) is 4.76. The Hall–Kier alpha value is -1.43. The Labute approximate surface area is 135 Å². The Balaban J connectivity index is 1.66. The summed E-state index contributed by atoms with van der Waals surface area (Å²) in [4.78, 5) is 6.12. The van der Waals surface area contributed by atoms with E-state index in [1.165, 1.54) is 17.0 Å². The number of thiophene rings is 1. The van der Waals surface area contributed by atoms with Gasteiger partial charge >= 0.3 is 0 Å². The van der Waals surface area contributed by atoms with E-state index in [2.05, 4.69) is 34.2 Å². The number of nitrogens with zero attached hydrogens (tertiary/aromatic N) is 2. The zero-order valence-electron chi connectivity index (χ0n) is 12.8. The van der Waals surface area contributed by atoms with E-state index in [-0.39, 0.29) is 17.9 Å². The van der Waals surface area contributed by atoms with Gasteiger partial charge in [-0.3, -0.25) is 4.90 Å². The van der Waals surface area contributed by atoms with Crippen LogP contribution < -0.4 is 10.6 Å². The summed E-state index contributed by atoms with van der Waals surface area (Å²) in [7, 11) is 0. The molecule has 3 nitrogen and oxygen atoms in total. The summed E-state index contributed by atoms with van der Waals surface area (Å²) in [6.07, 6.45) is 0. The number of hydrogen-bond donors (Lipinski definition) is 1. The number of hydrogen-bond acceptors (Lipinski definition) is 4. The highest BCUT2D eigenvalue weighted by atomic mass is 32.1. The molecule has 118 valence electrons. The molecule has 1 fully saturated rings. The number of anilines is 1. The van der Waals surface area contributed by atoms with E-state index >= 15 is 0 Å². The lowest BCUT2D eigenvalue weighted by Crippen LogP contribution is -2.50. The minimum Gasteiger partial charge on any atom is -0.369 e. The SMILES string of the molecule is C[C@H](N)[C@H](c1cccs1)N1CCN(c2ccc(F)cc2)CC1. The minimum atomic E-state index is -0.183. The molecule has 1 aliphatic heterocycles. The molecule has 22 heavy (non-hydrogen) atoms. The lowest BCUT2D eigenvalue weighted by Gasteiger charge is -2.41. The Morgan fingerprint density at radius 1 is 1.09 bits per heavy atom. The van der Waals surface area contributed by atoms with Crippen LogP contribution in [0.4, 0.5) is 10.1 Å². The van der Waals surface area contributed by atoms with Crippen LogP contribution >= 0.6 is 11.3 Å². The average molecular weight is 319 g/mol. The quantitative estimate of drug-likeness (QED) is 0.940. The highest BCUT2D eigenvalue weighted by Gasteiger charge is 2.28. The van der Waals surface area contributed by atoms with Gasteiger partial charge in [0.2, 0.25) is 0 Å². The van der Waals surface area contributed by atoms with Gasteiger partial charge in [-0.2, -0.15) is 0 Å². The topological polar surface area (TPSA) is 32.5 Å². The van der Waals surface area contributed by atoms with Crippen molar-refractivity contribution in [1.29, 1.82) is 0 Å². The van der Waals surface area contributed by atoms with Gasteiger partial charge in [-0.15, -0.1) is 11.3 Å². The van der Waals surface area contributed by atoms with Gasteiger partial charge in [-0.25, -0.2) is 4.39 Å².